The third-order valence-corrected chi connectivity index (χ3v) is 2.49. The van der Waals surface area contributed by atoms with Gasteiger partial charge in [-0.25, -0.2) is 20.3 Å². The van der Waals surface area contributed by atoms with Crippen molar-refractivity contribution in [3.8, 4) is 5.69 Å². The van der Waals surface area contributed by atoms with E-state index in [9.17, 15) is 4.79 Å². The Morgan fingerprint density at radius 1 is 1.30 bits per heavy atom. The van der Waals surface area contributed by atoms with Gasteiger partial charge in [0.25, 0.3) is 0 Å². The molecule has 6 heteroatoms. The lowest BCUT2D eigenvalue weighted by molar-refractivity contribution is 0.0580. The van der Waals surface area contributed by atoms with Gasteiger partial charge in [0.15, 0.2) is 0 Å². The molecule has 0 saturated heterocycles. The Hall–Kier alpha value is -2.34. The van der Waals surface area contributed by atoms with Crippen molar-refractivity contribution in [2.45, 2.75) is 26.4 Å². The number of nitrogens with zero attached hydrogens (tertiary/aromatic N) is 3. The standard InChI is InChI=1S/C14H18N4O2/c1-14(2,3)20-13(19)18(15)12-7-5-11(6-8-12)17-10-4-9-16-17/h4-10H,15H2,1-3H3. The number of carbonyl (C=O) groups excluding carboxylic acids is 1. The maximum absolute atomic E-state index is 11.8. The highest BCUT2D eigenvalue weighted by Crippen LogP contribution is 2.17. The molecule has 0 unspecified atom stereocenters. The number of hydrazine groups is 1. The summed E-state index contributed by atoms with van der Waals surface area (Å²) < 4.78 is 6.92. The van der Waals surface area contributed by atoms with E-state index in [0.717, 1.165) is 10.7 Å². The minimum atomic E-state index is -0.593. The van der Waals surface area contributed by atoms with Gasteiger partial charge < -0.3 is 4.74 Å². The van der Waals surface area contributed by atoms with Crippen LogP contribution in [-0.4, -0.2) is 21.5 Å². The van der Waals surface area contributed by atoms with Crippen LogP contribution in [0.3, 0.4) is 0 Å². The Morgan fingerprint density at radius 2 is 1.95 bits per heavy atom. The molecule has 6 nitrogen and oxygen atoms in total. The molecule has 2 rings (SSSR count). The van der Waals surface area contributed by atoms with Crippen molar-refractivity contribution in [2.75, 3.05) is 5.01 Å². The average Bonchev–Trinajstić information content (AvgIpc) is 2.90. The first-order valence-corrected chi connectivity index (χ1v) is 6.25. The summed E-state index contributed by atoms with van der Waals surface area (Å²) in [6.45, 7) is 5.37. The Labute approximate surface area is 117 Å². The van der Waals surface area contributed by atoms with Crippen LogP contribution >= 0.6 is 0 Å². The van der Waals surface area contributed by atoms with E-state index >= 15 is 0 Å². The Bertz CT molecular complexity index is 570. The predicted molar refractivity (Wildman–Crippen MR) is 76.5 cm³/mol. The Balaban J connectivity index is 2.12. The first kappa shape index (κ1) is 14.1. The second-order valence-corrected chi connectivity index (χ2v) is 5.32. The van der Waals surface area contributed by atoms with Gasteiger partial charge in [-0.1, -0.05) is 0 Å². The molecule has 0 atom stereocenters. The van der Waals surface area contributed by atoms with Crippen molar-refractivity contribution in [2.24, 2.45) is 5.84 Å². The molecule has 0 aliphatic heterocycles. The number of benzene rings is 1. The number of hydrogen-bond donors (Lipinski definition) is 1. The highest BCUT2D eigenvalue weighted by Gasteiger charge is 2.21. The molecule has 0 spiro atoms. The van der Waals surface area contributed by atoms with Crippen LogP contribution < -0.4 is 10.9 Å². The summed E-state index contributed by atoms with van der Waals surface area (Å²) in [6, 6.07) is 8.96. The molecule has 0 fully saturated rings. The second kappa shape index (κ2) is 5.34. The number of aromatic nitrogens is 2. The SMILES string of the molecule is CC(C)(C)OC(=O)N(N)c1ccc(-n2cccn2)cc1. The van der Waals surface area contributed by atoms with E-state index in [4.69, 9.17) is 10.6 Å². The van der Waals surface area contributed by atoms with E-state index in [1.807, 2.05) is 24.4 Å². The number of carbonyl (C=O) groups is 1. The van der Waals surface area contributed by atoms with Crippen molar-refractivity contribution >= 4 is 11.8 Å². The number of anilines is 1. The topological polar surface area (TPSA) is 73.4 Å². The number of nitrogens with two attached hydrogens (primary N) is 1. The van der Waals surface area contributed by atoms with Crippen molar-refractivity contribution in [1.82, 2.24) is 9.78 Å². The zero-order valence-electron chi connectivity index (χ0n) is 11.8. The Kier molecular flexibility index (Phi) is 3.76. The van der Waals surface area contributed by atoms with Crippen LogP contribution in [0.15, 0.2) is 42.7 Å². The fourth-order valence-corrected chi connectivity index (χ4v) is 1.60. The summed E-state index contributed by atoms with van der Waals surface area (Å²) in [5, 5.41) is 5.11. The van der Waals surface area contributed by atoms with Gasteiger partial charge in [0.05, 0.1) is 11.4 Å². The lowest BCUT2D eigenvalue weighted by atomic mass is 10.2. The fraction of sp³-hybridized carbons (Fsp3) is 0.286. The summed E-state index contributed by atoms with van der Waals surface area (Å²) >= 11 is 0. The molecular formula is C14H18N4O2. The average molecular weight is 274 g/mol. The van der Waals surface area contributed by atoms with Crippen LogP contribution in [0.2, 0.25) is 0 Å². The first-order valence-electron chi connectivity index (χ1n) is 6.25. The normalized spacial score (nSPS) is 11.2. The van der Waals surface area contributed by atoms with E-state index in [-0.39, 0.29) is 0 Å². The quantitative estimate of drug-likeness (QED) is 0.518. The summed E-state index contributed by atoms with van der Waals surface area (Å²) in [4.78, 5) is 11.8. The highest BCUT2D eigenvalue weighted by molar-refractivity contribution is 5.86. The van der Waals surface area contributed by atoms with Crippen molar-refractivity contribution < 1.29 is 9.53 Å². The molecule has 2 aromatic rings. The number of amides is 1. The third kappa shape index (κ3) is 3.36. The minimum Gasteiger partial charge on any atom is -0.442 e. The maximum atomic E-state index is 11.8. The maximum Gasteiger partial charge on any atom is 0.429 e. The number of ether oxygens (including phenoxy) is 1. The Morgan fingerprint density at radius 3 is 2.45 bits per heavy atom. The highest BCUT2D eigenvalue weighted by atomic mass is 16.6. The van der Waals surface area contributed by atoms with Crippen molar-refractivity contribution in [3.63, 3.8) is 0 Å². The van der Waals surface area contributed by atoms with Gasteiger partial charge >= 0.3 is 6.09 Å². The summed E-state index contributed by atoms with van der Waals surface area (Å²) in [5.41, 5.74) is 0.857. The zero-order valence-corrected chi connectivity index (χ0v) is 11.8. The van der Waals surface area contributed by atoms with E-state index in [1.54, 1.807) is 43.8 Å². The second-order valence-electron chi connectivity index (χ2n) is 5.32. The molecule has 0 radical (unpaired) electrons. The molecule has 1 heterocycles. The summed E-state index contributed by atoms with van der Waals surface area (Å²) in [7, 11) is 0. The van der Waals surface area contributed by atoms with Crippen LogP contribution in [0.1, 0.15) is 20.8 Å². The van der Waals surface area contributed by atoms with Crippen LogP contribution in [0.5, 0.6) is 0 Å². The van der Waals surface area contributed by atoms with E-state index in [2.05, 4.69) is 5.10 Å². The van der Waals surface area contributed by atoms with Crippen molar-refractivity contribution in [1.29, 1.82) is 0 Å². The van der Waals surface area contributed by atoms with E-state index in [1.165, 1.54) is 0 Å². The van der Waals surface area contributed by atoms with Gasteiger partial charge in [-0.05, 0) is 51.1 Å². The molecule has 1 amide bonds. The fourth-order valence-electron chi connectivity index (χ4n) is 1.60. The molecule has 0 aliphatic carbocycles. The van der Waals surface area contributed by atoms with Crippen LogP contribution in [0, 0.1) is 0 Å². The van der Waals surface area contributed by atoms with E-state index < -0.39 is 11.7 Å². The first-order chi connectivity index (χ1) is 9.37. The largest absolute Gasteiger partial charge is 0.442 e. The summed E-state index contributed by atoms with van der Waals surface area (Å²) in [6.07, 6.45) is 2.94. The van der Waals surface area contributed by atoms with Crippen molar-refractivity contribution in [3.05, 3.63) is 42.7 Å². The smallest absolute Gasteiger partial charge is 0.429 e. The molecule has 0 saturated carbocycles. The minimum absolute atomic E-state index is 0.551. The van der Waals surface area contributed by atoms with Gasteiger partial charge in [-0.3, -0.25) is 0 Å². The van der Waals surface area contributed by atoms with Gasteiger partial charge in [-0.15, -0.1) is 0 Å². The molecule has 0 aliphatic rings. The molecule has 1 aromatic heterocycles. The molecule has 20 heavy (non-hydrogen) atoms. The zero-order chi connectivity index (χ0) is 14.8. The molecule has 0 bridgehead atoms. The molecule has 106 valence electrons. The van der Waals surface area contributed by atoms with Crippen LogP contribution in [0.25, 0.3) is 5.69 Å². The number of rotatable bonds is 2. The summed E-state index contributed by atoms with van der Waals surface area (Å²) in [5.74, 6) is 5.75. The van der Waals surface area contributed by atoms with Gasteiger partial charge in [0.1, 0.15) is 5.60 Å². The number of hydrogen-bond acceptors (Lipinski definition) is 4. The third-order valence-electron chi connectivity index (χ3n) is 2.49. The monoisotopic (exact) mass is 274 g/mol. The van der Waals surface area contributed by atoms with E-state index in [0.29, 0.717) is 5.69 Å². The lowest BCUT2D eigenvalue weighted by Gasteiger charge is -2.24. The molecule has 1 aromatic carbocycles. The predicted octanol–water partition coefficient (Wildman–Crippen LogP) is 2.49. The van der Waals surface area contributed by atoms with Gasteiger partial charge in [0, 0.05) is 12.4 Å². The van der Waals surface area contributed by atoms with Gasteiger partial charge in [0.2, 0.25) is 0 Å². The molecule has 2 N–H and O–H groups in total. The molecular weight excluding hydrogens is 256 g/mol. The van der Waals surface area contributed by atoms with Crippen LogP contribution in [-0.2, 0) is 4.74 Å². The van der Waals surface area contributed by atoms with Crippen LogP contribution in [0.4, 0.5) is 10.5 Å². The van der Waals surface area contributed by atoms with Gasteiger partial charge in [-0.2, -0.15) is 5.10 Å². The lowest BCUT2D eigenvalue weighted by Crippen LogP contribution is -2.41.